The zero-order valence-electron chi connectivity index (χ0n) is 15.8. The Kier molecular flexibility index (Phi) is 6.24. The highest BCUT2D eigenvalue weighted by Gasteiger charge is 2.26. The molecule has 0 bridgehead atoms. The Hall–Kier alpha value is -2.66. The van der Waals surface area contributed by atoms with Gasteiger partial charge in [-0.1, -0.05) is 48.5 Å². The molecule has 3 rings (SSSR count). The number of carbonyl (C=O) groups excluding carboxylic acids is 2. The Morgan fingerprint density at radius 2 is 1.63 bits per heavy atom. The zero-order chi connectivity index (χ0) is 19.2. The molecule has 0 radical (unpaired) electrons. The summed E-state index contributed by atoms with van der Waals surface area (Å²) in [6, 6.07) is 17.3. The number of hydrogen-bond acceptors (Lipinski definition) is 4. The Labute approximate surface area is 159 Å². The van der Waals surface area contributed by atoms with Gasteiger partial charge >= 0.3 is 5.97 Å². The van der Waals surface area contributed by atoms with E-state index in [-0.39, 0.29) is 24.7 Å². The molecule has 5 heteroatoms. The van der Waals surface area contributed by atoms with Gasteiger partial charge in [0.2, 0.25) is 0 Å². The number of nitrogens with zero attached hydrogens (tertiary/aromatic N) is 1. The molecule has 5 nitrogen and oxygen atoms in total. The monoisotopic (exact) mass is 367 g/mol. The summed E-state index contributed by atoms with van der Waals surface area (Å²) in [5.41, 5.74) is 2.50. The van der Waals surface area contributed by atoms with E-state index in [4.69, 9.17) is 9.47 Å². The number of rotatable bonds is 5. The van der Waals surface area contributed by atoms with E-state index in [0.717, 1.165) is 11.1 Å². The van der Waals surface area contributed by atoms with Gasteiger partial charge in [-0.25, -0.2) is 4.79 Å². The van der Waals surface area contributed by atoms with Crippen LogP contribution in [0, 0.1) is 0 Å². The maximum atomic E-state index is 12.6. The van der Waals surface area contributed by atoms with Crippen molar-refractivity contribution in [2.75, 3.05) is 19.7 Å². The summed E-state index contributed by atoms with van der Waals surface area (Å²) < 4.78 is 11.0. The van der Waals surface area contributed by atoms with Gasteiger partial charge in [0.1, 0.15) is 0 Å². The lowest BCUT2D eigenvalue weighted by atomic mass is 10.00. The first-order valence-corrected chi connectivity index (χ1v) is 9.25. The first kappa shape index (κ1) is 19.1. The minimum atomic E-state index is -0.468. The van der Waals surface area contributed by atoms with Gasteiger partial charge in [0.25, 0.3) is 5.91 Å². The van der Waals surface area contributed by atoms with E-state index in [2.05, 4.69) is 0 Å². The largest absolute Gasteiger partial charge is 0.452 e. The molecule has 1 aliphatic rings. The topological polar surface area (TPSA) is 55.8 Å². The first-order valence-electron chi connectivity index (χ1n) is 9.25. The summed E-state index contributed by atoms with van der Waals surface area (Å²) in [6.45, 7) is 4.65. The van der Waals surface area contributed by atoms with Crippen molar-refractivity contribution in [2.45, 2.75) is 32.5 Å². The molecule has 0 saturated carbocycles. The fourth-order valence-corrected chi connectivity index (χ4v) is 3.37. The van der Waals surface area contributed by atoms with Crippen molar-refractivity contribution >= 4 is 11.9 Å². The van der Waals surface area contributed by atoms with Crippen LogP contribution in [0.5, 0.6) is 0 Å². The molecule has 2 aromatic rings. The molecule has 0 unspecified atom stereocenters. The van der Waals surface area contributed by atoms with Crippen LogP contribution in [-0.4, -0.2) is 48.7 Å². The van der Waals surface area contributed by atoms with Crippen molar-refractivity contribution in [3.63, 3.8) is 0 Å². The molecular formula is C22H25NO4. The summed E-state index contributed by atoms with van der Waals surface area (Å²) in [6.07, 6.45) is 0.610. The van der Waals surface area contributed by atoms with Crippen LogP contribution in [0.4, 0.5) is 0 Å². The Morgan fingerprint density at radius 1 is 1.00 bits per heavy atom. The maximum absolute atomic E-state index is 12.6. The van der Waals surface area contributed by atoms with Crippen LogP contribution < -0.4 is 0 Å². The minimum absolute atomic E-state index is 0.0139. The van der Waals surface area contributed by atoms with Crippen molar-refractivity contribution in [3.8, 4) is 0 Å². The van der Waals surface area contributed by atoms with Gasteiger partial charge in [0.15, 0.2) is 6.61 Å². The van der Waals surface area contributed by atoms with Gasteiger partial charge in [-0.3, -0.25) is 4.79 Å². The molecule has 0 aliphatic carbocycles. The lowest BCUT2D eigenvalue weighted by Gasteiger charge is -2.35. The van der Waals surface area contributed by atoms with Crippen molar-refractivity contribution in [1.82, 2.24) is 4.90 Å². The molecule has 1 saturated heterocycles. The average molecular weight is 367 g/mol. The predicted octanol–water partition coefficient (Wildman–Crippen LogP) is 3.07. The zero-order valence-corrected chi connectivity index (χ0v) is 15.8. The second-order valence-corrected chi connectivity index (χ2v) is 6.95. The van der Waals surface area contributed by atoms with Gasteiger partial charge < -0.3 is 14.4 Å². The predicted molar refractivity (Wildman–Crippen MR) is 103 cm³/mol. The normalized spacial score (nSPS) is 19.6. The summed E-state index contributed by atoms with van der Waals surface area (Å²) in [4.78, 5) is 26.6. The van der Waals surface area contributed by atoms with Crippen LogP contribution >= 0.6 is 0 Å². The molecule has 0 aromatic heterocycles. The highest BCUT2D eigenvalue weighted by Crippen LogP contribution is 2.16. The number of esters is 1. The molecule has 0 N–H and O–H groups in total. The fraction of sp³-hybridized carbons (Fsp3) is 0.364. The smallest absolute Gasteiger partial charge is 0.338 e. The fourth-order valence-electron chi connectivity index (χ4n) is 3.37. The highest BCUT2D eigenvalue weighted by molar-refractivity contribution is 5.92. The SMILES string of the molecule is C[C@@H]1CN(C(=O)COC(=O)c2ccccc2Cc2ccccc2)C[C@@H](C)O1. The summed E-state index contributed by atoms with van der Waals surface area (Å²) in [5.74, 6) is -0.657. The molecule has 2 aromatic carbocycles. The van der Waals surface area contributed by atoms with Crippen LogP contribution in [0.15, 0.2) is 54.6 Å². The molecule has 1 fully saturated rings. The third-order valence-corrected chi connectivity index (χ3v) is 4.57. The summed E-state index contributed by atoms with van der Waals surface area (Å²) in [7, 11) is 0. The molecule has 142 valence electrons. The molecular weight excluding hydrogens is 342 g/mol. The number of hydrogen-bond donors (Lipinski definition) is 0. The van der Waals surface area contributed by atoms with Crippen LogP contribution in [0.2, 0.25) is 0 Å². The van der Waals surface area contributed by atoms with Crippen LogP contribution in [0.1, 0.15) is 35.3 Å². The third kappa shape index (κ3) is 5.17. The Bertz CT molecular complexity index is 780. The van der Waals surface area contributed by atoms with Crippen molar-refractivity contribution in [3.05, 3.63) is 71.3 Å². The highest BCUT2D eigenvalue weighted by atomic mass is 16.5. The quantitative estimate of drug-likeness (QED) is 0.762. The van der Waals surface area contributed by atoms with Gasteiger partial charge in [-0.05, 0) is 37.5 Å². The minimum Gasteiger partial charge on any atom is -0.452 e. The van der Waals surface area contributed by atoms with E-state index in [1.54, 1.807) is 17.0 Å². The van der Waals surface area contributed by atoms with E-state index in [9.17, 15) is 9.59 Å². The Balaban J connectivity index is 1.62. The van der Waals surface area contributed by atoms with E-state index >= 15 is 0 Å². The van der Waals surface area contributed by atoms with Crippen LogP contribution in [0.25, 0.3) is 0 Å². The van der Waals surface area contributed by atoms with Crippen molar-refractivity contribution in [2.24, 2.45) is 0 Å². The maximum Gasteiger partial charge on any atom is 0.338 e. The molecule has 1 heterocycles. The van der Waals surface area contributed by atoms with E-state index < -0.39 is 5.97 Å². The molecule has 1 aliphatic heterocycles. The molecule has 2 atom stereocenters. The third-order valence-electron chi connectivity index (χ3n) is 4.57. The summed E-state index contributed by atoms with van der Waals surface area (Å²) >= 11 is 0. The van der Waals surface area contributed by atoms with Gasteiger partial charge in [0.05, 0.1) is 17.8 Å². The van der Waals surface area contributed by atoms with Crippen LogP contribution in [0.3, 0.4) is 0 Å². The number of benzene rings is 2. The second-order valence-electron chi connectivity index (χ2n) is 6.95. The van der Waals surface area contributed by atoms with E-state index in [1.165, 1.54) is 0 Å². The second kappa shape index (κ2) is 8.82. The van der Waals surface area contributed by atoms with Crippen molar-refractivity contribution in [1.29, 1.82) is 0 Å². The first-order chi connectivity index (χ1) is 13.0. The lowest BCUT2D eigenvalue weighted by Crippen LogP contribution is -2.49. The van der Waals surface area contributed by atoms with Gasteiger partial charge in [-0.2, -0.15) is 0 Å². The number of amides is 1. The number of morpholine rings is 1. The van der Waals surface area contributed by atoms with Gasteiger partial charge in [-0.15, -0.1) is 0 Å². The van der Waals surface area contributed by atoms with E-state index in [1.807, 2.05) is 56.3 Å². The molecule has 0 spiro atoms. The van der Waals surface area contributed by atoms with E-state index in [0.29, 0.717) is 25.1 Å². The number of ether oxygens (including phenoxy) is 2. The molecule has 27 heavy (non-hydrogen) atoms. The lowest BCUT2D eigenvalue weighted by molar-refractivity contribution is -0.146. The summed E-state index contributed by atoms with van der Waals surface area (Å²) in [5, 5.41) is 0. The average Bonchev–Trinajstić information content (AvgIpc) is 2.66. The standard InChI is InChI=1S/C22H25NO4/c1-16-13-23(14-17(2)27-16)21(24)15-26-22(25)20-11-7-6-10-19(20)12-18-8-4-3-5-9-18/h3-11,16-17H,12-15H2,1-2H3/t16-,17-/m1/s1. The van der Waals surface area contributed by atoms with Gasteiger partial charge in [0, 0.05) is 13.1 Å². The molecule has 1 amide bonds. The number of carbonyl (C=O) groups is 2. The van der Waals surface area contributed by atoms with Crippen LogP contribution in [-0.2, 0) is 20.7 Å². The Morgan fingerprint density at radius 3 is 2.33 bits per heavy atom. The van der Waals surface area contributed by atoms with Crippen molar-refractivity contribution < 1.29 is 19.1 Å².